The standard InChI is InChI=1S/C24H22N6O2/c1-25-24(31)19-6-8-27-23-15(3-2-4-18(19)23)5-7-26-22-10-20(29-14-30-22)16-9-17-12-32-13-21(17)28-11-16/h2-4,6,8-11,14H,5,7,12-13H2,1H3,(H,25,31)(H,26,29,30). The summed E-state index contributed by atoms with van der Waals surface area (Å²) in [6.07, 6.45) is 5.79. The molecule has 0 spiro atoms. The highest BCUT2D eigenvalue weighted by Gasteiger charge is 2.14. The maximum atomic E-state index is 12.2. The van der Waals surface area contributed by atoms with Gasteiger partial charge in [0, 0.05) is 48.6 Å². The molecule has 160 valence electrons. The molecule has 2 N–H and O–H groups in total. The number of nitrogens with one attached hydrogen (secondary N) is 2. The molecule has 0 saturated heterocycles. The van der Waals surface area contributed by atoms with E-state index in [1.165, 1.54) is 0 Å². The van der Waals surface area contributed by atoms with Gasteiger partial charge in [-0.15, -0.1) is 0 Å². The number of hydrogen-bond donors (Lipinski definition) is 2. The normalized spacial score (nSPS) is 12.5. The van der Waals surface area contributed by atoms with Gasteiger partial charge in [0.05, 0.1) is 35.7 Å². The summed E-state index contributed by atoms with van der Waals surface area (Å²) in [4.78, 5) is 29.9. The average molecular weight is 426 g/mol. The molecule has 8 nitrogen and oxygen atoms in total. The maximum Gasteiger partial charge on any atom is 0.251 e. The second-order valence-corrected chi connectivity index (χ2v) is 7.54. The molecule has 1 aromatic carbocycles. The highest BCUT2D eigenvalue weighted by Crippen LogP contribution is 2.25. The Labute approximate surface area is 185 Å². The smallest absolute Gasteiger partial charge is 0.251 e. The Balaban J connectivity index is 1.32. The van der Waals surface area contributed by atoms with E-state index in [1.807, 2.05) is 30.5 Å². The summed E-state index contributed by atoms with van der Waals surface area (Å²) in [7, 11) is 1.63. The summed E-state index contributed by atoms with van der Waals surface area (Å²) < 4.78 is 5.45. The van der Waals surface area contributed by atoms with Gasteiger partial charge in [-0.3, -0.25) is 14.8 Å². The minimum atomic E-state index is -0.117. The van der Waals surface area contributed by atoms with Crippen molar-refractivity contribution in [3.8, 4) is 11.3 Å². The Hall–Kier alpha value is -3.91. The van der Waals surface area contributed by atoms with Crippen molar-refractivity contribution in [2.75, 3.05) is 18.9 Å². The number of amides is 1. The molecule has 1 aliphatic rings. The minimum absolute atomic E-state index is 0.117. The highest BCUT2D eigenvalue weighted by atomic mass is 16.5. The van der Waals surface area contributed by atoms with Gasteiger partial charge in [0.2, 0.25) is 0 Å². The third-order valence-corrected chi connectivity index (χ3v) is 5.55. The third-order valence-electron chi connectivity index (χ3n) is 5.55. The van der Waals surface area contributed by atoms with Crippen molar-refractivity contribution in [3.63, 3.8) is 0 Å². The van der Waals surface area contributed by atoms with E-state index in [-0.39, 0.29) is 5.91 Å². The van der Waals surface area contributed by atoms with E-state index in [9.17, 15) is 4.79 Å². The monoisotopic (exact) mass is 426 g/mol. The number of fused-ring (bicyclic) bond motifs is 2. The largest absolute Gasteiger partial charge is 0.370 e. The van der Waals surface area contributed by atoms with Crippen molar-refractivity contribution < 1.29 is 9.53 Å². The van der Waals surface area contributed by atoms with E-state index in [0.717, 1.165) is 51.2 Å². The molecule has 8 heteroatoms. The fraction of sp³-hybridized carbons (Fsp3) is 0.208. The first-order chi connectivity index (χ1) is 15.7. The van der Waals surface area contributed by atoms with Gasteiger partial charge in [0.1, 0.15) is 12.1 Å². The van der Waals surface area contributed by atoms with Crippen LogP contribution in [0.3, 0.4) is 0 Å². The summed E-state index contributed by atoms with van der Waals surface area (Å²) in [5, 5.41) is 6.90. The molecular weight excluding hydrogens is 404 g/mol. The second-order valence-electron chi connectivity index (χ2n) is 7.54. The number of ether oxygens (including phenoxy) is 1. The van der Waals surface area contributed by atoms with Gasteiger partial charge in [-0.05, 0) is 24.1 Å². The lowest BCUT2D eigenvalue weighted by atomic mass is 10.0. The molecule has 1 amide bonds. The lowest BCUT2D eigenvalue weighted by molar-refractivity contribution is 0.0964. The number of carbonyl (C=O) groups is 1. The molecule has 4 heterocycles. The van der Waals surface area contributed by atoms with Gasteiger partial charge >= 0.3 is 0 Å². The summed E-state index contributed by atoms with van der Waals surface area (Å²) in [5.74, 6) is 0.625. The molecule has 5 rings (SSSR count). The topological polar surface area (TPSA) is 102 Å². The van der Waals surface area contributed by atoms with Crippen molar-refractivity contribution in [2.45, 2.75) is 19.6 Å². The molecule has 0 saturated carbocycles. The summed E-state index contributed by atoms with van der Waals surface area (Å²) in [5.41, 5.74) is 6.38. The predicted octanol–water partition coefficient (Wildman–Crippen LogP) is 3.13. The molecule has 0 bridgehead atoms. The molecule has 0 radical (unpaired) electrons. The minimum Gasteiger partial charge on any atom is -0.370 e. The Kier molecular flexibility index (Phi) is 5.43. The molecule has 3 aromatic heterocycles. The Morgan fingerprint density at radius 3 is 2.94 bits per heavy atom. The van der Waals surface area contributed by atoms with Gasteiger partial charge in [-0.25, -0.2) is 9.97 Å². The van der Waals surface area contributed by atoms with Crippen LogP contribution in [0.15, 0.2) is 55.1 Å². The Morgan fingerprint density at radius 2 is 2.03 bits per heavy atom. The van der Waals surface area contributed by atoms with Crippen LogP contribution in [-0.2, 0) is 24.4 Å². The molecule has 0 aliphatic carbocycles. The lowest BCUT2D eigenvalue weighted by Gasteiger charge is -2.10. The number of hydrogen-bond acceptors (Lipinski definition) is 7. The molecule has 0 atom stereocenters. The Bertz CT molecular complexity index is 1310. The summed E-state index contributed by atoms with van der Waals surface area (Å²) >= 11 is 0. The zero-order valence-corrected chi connectivity index (χ0v) is 17.6. The number of benzene rings is 1. The number of aromatic nitrogens is 4. The fourth-order valence-electron chi connectivity index (χ4n) is 3.90. The number of pyridine rings is 2. The van der Waals surface area contributed by atoms with Crippen LogP contribution >= 0.6 is 0 Å². The van der Waals surface area contributed by atoms with Crippen LogP contribution in [0.25, 0.3) is 22.2 Å². The zero-order chi connectivity index (χ0) is 21.9. The fourth-order valence-corrected chi connectivity index (χ4v) is 3.90. The second kappa shape index (κ2) is 8.68. The van der Waals surface area contributed by atoms with Crippen LogP contribution in [0.5, 0.6) is 0 Å². The van der Waals surface area contributed by atoms with E-state index in [4.69, 9.17) is 4.74 Å². The van der Waals surface area contributed by atoms with Crippen molar-refractivity contribution in [3.05, 3.63) is 77.5 Å². The van der Waals surface area contributed by atoms with E-state index >= 15 is 0 Å². The molecular formula is C24H22N6O2. The third kappa shape index (κ3) is 3.88. The summed E-state index contributed by atoms with van der Waals surface area (Å²) in [6.45, 7) is 1.82. The van der Waals surface area contributed by atoms with Crippen molar-refractivity contribution >= 4 is 22.6 Å². The first-order valence-electron chi connectivity index (χ1n) is 10.4. The molecule has 0 unspecified atom stereocenters. The number of carbonyl (C=O) groups excluding carboxylic acids is 1. The van der Waals surface area contributed by atoms with Crippen LogP contribution in [0.2, 0.25) is 0 Å². The first kappa shape index (κ1) is 20.0. The number of nitrogens with zero attached hydrogens (tertiary/aromatic N) is 4. The van der Waals surface area contributed by atoms with Crippen LogP contribution in [0, 0.1) is 0 Å². The average Bonchev–Trinajstić information content (AvgIpc) is 3.31. The predicted molar refractivity (Wildman–Crippen MR) is 121 cm³/mol. The van der Waals surface area contributed by atoms with Gasteiger partial charge in [-0.2, -0.15) is 0 Å². The highest BCUT2D eigenvalue weighted by molar-refractivity contribution is 6.06. The maximum absolute atomic E-state index is 12.2. The number of rotatable bonds is 6. The van der Waals surface area contributed by atoms with Gasteiger partial charge in [0.15, 0.2) is 0 Å². The van der Waals surface area contributed by atoms with Crippen molar-refractivity contribution in [1.29, 1.82) is 0 Å². The van der Waals surface area contributed by atoms with Crippen molar-refractivity contribution in [2.24, 2.45) is 0 Å². The van der Waals surface area contributed by atoms with E-state index in [0.29, 0.717) is 25.3 Å². The number of anilines is 1. The molecule has 1 aliphatic heterocycles. The quantitative estimate of drug-likeness (QED) is 0.488. The van der Waals surface area contributed by atoms with Crippen LogP contribution in [-0.4, -0.2) is 39.4 Å². The summed E-state index contributed by atoms with van der Waals surface area (Å²) in [6, 6.07) is 11.7. The molecule has 32 heavy (non-hydrogen) atoms. The van der Waals surface area contributed by atoms with E-state index < -0.39 is 0 Å². The zero-order valence-electron chi connectivity index (χ0n) is 17.6. The van der Waals surface area contributed by atoms with Crippen LogP contribution in [0.4, 0.5) is 5.82 Å². The first-order valence-corrected chi connectivity index (χ1v) is 10.4. The number of para-hydroxylation sites is 1. The van der Waals surface area contributed by atoms with E-state index in [2.05, 4.69) is 36.6 Å². The lowest BCUT2D eigenvalue weighted by Crippen LogP contribution is -2.18. The molecule has 0 fully saturated rings. The van der Waals surface area contributed by atoms with E-state index in [1.54, 1.807) is 25.6 Å². The van der Waals surface area contributed by atoms with Crippen LogP contribution < -0.4 is 10.6 Å². The SMILES string of the molecule is CNC(=O)c1ccnc2c(CCNc3cc(-c4cnc5c(c4)COC5)ncn3)cccc12. The van der Waals surface area contributed by atoms with Crippen LogP contribution in [0.1, 0.15) is 27.2 Å². The van der Waals surface area contributed by atoms with Crippen molar-refractivity contribution in [1.82, 2.24) is 25.3 Å². The molecule has 4 aromatic rings. The Morgan fingerprint density at radius 1 is 1.09 bits per heavy atom. The van der Waals surface area contributed by atoms with Gasteiger partial charge in [-0.1, -0.05) is 18.2 Å². The van der Waals surface area contributed by atoms with Gasteiger partial charge < -0.3 is 15.4 Å². The van der Waals surface area contributed by atoms with Gasteiger partial charge in [0.25, 0.3) is 5.91 Å².